The fourth-order valence-corrected chi connectivity index (χ4v) is 6.00. The maximum absolute atomic E-state index is 10.4. The average Bonchev–Trinajstić information content (AvgIpc) is 2.52. The van der Waals surface area contributed by atoms with Gasteiger partial charge < -0.3 is 10.2 Å². The molecule has 0 radical (unpaired) electrons. The van der Waals surface area contributed by atoms with E-state index in [4.69, 9.17) is 10.2 Å². The second-order valence-corrected chi connectivity index (χ2v) is 11.4. The molecule has 0 unspecified atom stereocenters. The Morgan fingerprint density at radius 1 is 0.800 bits per heavy atom. The Morgan fingerprint density at radius 3 is 1.47 bits per heavy atom. The van der Waals surface area contributed by atoms with E-state index in [1.54, 1.807) is 0 Å². The Labute approximate surface area is 194 Å². The van der Waals surface area contributed by atoms with Crippen molar-refractivity contribution in [3.05, 3.63) is 32.4 Å². The molecule has 4 saturated carbocycles. The molecule has 0 saturated heterocycles. The van der Waals surface area contributed by atoms with Gasteiger partial charge in [-0.25, -0.2) is 0 Å². The summed E-state index contributed by atoms with van der Waals surface area (Å²) in [6.45, 7) is 6.50. The summed E-state index contributed by atoms with van der Waals surface area (Å²) in [7, 11) is 0. The number of hydrogen-bond donors (Lipinski definition) is 2. The van der Waals surface area contributed by atoms with Gasteiger partial charge in [-0.3, -0.25) is 9.59 Å². The van der Waals surface area contributed by atoms with Gasteiger partial charge in [-0.1, -0.05) is 18.9 Å². The van der Waals surface area contributed by atoms with Crippen molar-refractivity contribution in [1.29, 1.82) is 0 Å². The molecule has 0 aliphatic heterocycles. The predicted molar refractivity (Wildman–Crippen MR) is 127 cm³/mol. The number of halogens is 1. The van der Waals surface area contributed by atoms with E-state index in [1.165, 1.54) is 58.8 Å². The van der Waals surface area contributed by atoms with Crippen LogP contribution in [0.2, 0.25) is 0 Å². The van der Waals surface area contributed by atoms with Gasteiger partial charge in [0.15, 0.2) is 0 Å². The zero-order chi connectivity index (χ0) is 22.1. The van der Waals surface area contributed by atoms with E-state index in [-0.39, 0.29) is 11.8 Å². The molecule has 30 heavy (non-hydrogen) atoms. The van der Waals surface area contributed by atoms with Gasteiger partial charge >= 0.3 is 11.9 Å². The first kappa shape index (κ1) is 23.6. The van der Waals surface area contributed by atoms with Crippen molar-refractivity contribution >= 4 is 34.5 Å². The number of hydrogen-bond acceptors (Lipinski definition) is 2. The summed E-state index contributed by atoms with van der Waals surface area (Å²) in [5.41, 5.74) is 5.26. The number of benzene rings is 1. The molecule has 0 aromatic heterocycles. The molecule has 4 aliphatic rings. The van der Waals surface area contributed by atoms with Crippen LogP contribution in [0, 0.1) is 47.0 Å². The van der Waals surface area contributed by atoms with E-state index in [9.17, 15) is 9.59 Å². The van der Waals surface area contributed by atoms with Crippen LogP contribution in [-0.2, 0) is 9.59 Å². The van der Waals surface area contributed by atoms with Gasteiger partial charge in [-0.15, -0.1) is 0 Å². The maximum atomic E-state index is 10.4. The van der Waals surface area contributed by atoms with Gasteiger partial charge in [-0.2, -0.15) is 0 Å². The van der Waals surface area contributed by atoms with E-state index in [1.807, 2.05) is 0 Å². The van der Waals surface area contributed by atoms with Crippen LogP contribution in [0.25, 0.3) is 0 Å². The van der Waals surface area contributed by atoms with E-state index in [0.29, 0.717) is 10.8 Å². The minimum atomic E-state index is -0.586. The number of carboxylic acids is 2. The second kappa shape index (κ2) is 9.17. The largest absolute Gasteiger partial charge is 0.481 e. The molecule has 4 nitrogen and oxygen atoms in total. The van der Waals surface area contributed by atoms with E-state index >= 15 is 0 Å². The minimum absolute atomic E-state index is 0.000278. The van der Waals surface area contributed by atoms with Crippen LogP contribution in [-0.4, -0.2) is 22.2 Å². The first-order chi connectivity index (χ1) is 14.1. The summed E-state index contributed by atoms with van der Waals surface area (Å²) >= 11 is 2.37. The quantitative estimate of drug-likeness (QED) is 0.431. The second-order valence-electron chi connectivity index (χ2n) is 10.2. The SMILES string of the molecule is Cc1ccc(I)c(C)c1C.O=C(O)C1CC2(CCC2)C1.O=C(O)C1CC2(CCC2)C1. The first-order valence-corrected chi connectivity index (χ1v) is 12.3. The number of rotatable bonds is 2. The number of carboxylic acid groups (broad SMARTS) is 2. The molecular weight excluding hydrogens is 491 g/mol. The van der Waals surface area contributed by atoms with Gasteiger partial charge in [0.25, 0.3) is 0 Å². The molecular formula is C25H35IO4. The normalized spacial score (nSPS) is 24.6. The fraction of sp³-hybridized carbons (Fsp3) is 0.680. The molecule has 166 valence electrons. The minimum Gasteiger partial charge on any atom is -0.481 e. The smallest absolute Gasteiger partial charge is 0.306 e. The zero-order valence-electron chi connectivity index (χ0n) is 18.5. The van der Waals surface area contributed by atoms with Crippen molar-refractivity contribution in [2.24, 2.45) is 22.7 Å². The molecule has 4 aliphatic carbocycles. The topological polar surface area (TPSA) is 74.6 Å². The number of aliphatic carboxylic acids is 2. The Morgan fingerprint density at radius 2 is 1.20 bits per heavy atom. The highest BCUT2D eigenvalue weighted by atomic mass is 127. The Balaban J connectivity index is 0.000000128. The van der Waals surface area contributed by atoms with Crippen LogP contribution in [0.3, 0.4) is 0 Å². The van der Waals surface area contributed by atoms with Crippen molar-refractivity contribution in [2.75, 3.05) is 0 Å². The molecule has 1 aromatic rings. The van der Waals surface area contributed by atoms with Gasteiger partial charge in [-0.05, 0) is 128 Å². The Kier molecular flexibility index (Phi) is 7.20. The molecule has 2 N–H and O–H groups in total. The monoisotopic (exact) mass is 526 g/mol. The molecule has 0 atom stereocenters. The van der Waals surface area contributed by atoms with Gasteiger partial charge in [0, 0.05) is 3.57 Å². The molecule has 5 rings (SSSR count). The lowest BCUT2D eigenvalue weighted by atomic mass is 9.52. The van der Waals surface area contributed by atoms with E-state index in [2.05, 4.69) is 55.5 Å². The summed E-state index contributed by atoms with van der Waals surface area (Å²) in [6.07, 6.45) is 11.6. The molecule has 0 heterocycles. The zero-order valence-corrected chi connectivity index (χ0v) is 20.6. The summed E-state index contributed by atoms with van der Waals surface area (Å²) < 4.78 is 1.36. The van der Waals surface area contributed by atoms with Crippen LogP contribution >= 0.6 is 22.6 Å². The van der Waals surface area contributed by atoms with E-state index in [0.717, 1.165) is 25.7 Å². The number of carbonyl (C=O) groups is 2. The third kappa shape index (κ3) is 5.03. The summed E-state index contributed by atoms with van der Waals surface area (Å²) in [6, 6.07) is 4.34. The van der Waals surface area contributed by atoms with Crippen LogP contribution in [0.4, 0.5) is 0 Å². The molecule has 0 amide bonds. The lowest BCUT2D eigenvalue weighted by Crippen LogP contribution is -2.45. The highest BCUT2D eigenvalue weighted by molar-refractivity contribution is 14.1. The standard InChI is InChI=1S/C9H11I.2C8H12O2/c1-6-4-5-9(10)8(3)7(6)2;2*9-7(10)6-4-8(5-6)2-1-3-8/h4-5H,1-3H3;2*6H,1-5H2,(H,9,10). The van der Waals surface area contributed by atoms with Gasteiger partial charge in [0.05, 0.1) is 11.8 Å². The van der Waals surface area contributed by atoms with Crippen LogP contribution in [0.5, 0.6) is 0 Å². The fourth-order valence-electron chi connectivity index (χ4n) is 5.41. The molecule has 1 aromatic carbocycles. The molecule has 2 spiro atoms. The average molecular weight is 526 g/mol. The third-order valence-electron chi connectivity index (χ3n) is 8.24. The van der Waals surface area contributed by atoms with Crippen molar-refractivity contribution in [1.82, 2.24) is 0 Å². The highest BCUT2D eigenvalue weighted by Gasteiger charge is 2.51. The Bertz CT molecular complexity index is 725. The van der Waals surface area contributed by atoms with Crippen molar-refractivity contribution < 1.29 is 19.8 Å². The predicted octanol–water partition coefficient (Wildman–Crippen LogP) is 6.52. The molecule has 0 bridgehead atoms. The van der Waals surface area contributed by atoms with Crippen molar-refractivity contribution in [2.45, 2.75) is 85.0 Å². The van der Waals surface area contributed by atoms with Crippen LogP contribution in [0.1, 0.15) is 80.9 Å². The molecule has 5 heteroatoms. The third-order valence-corrected chi connectivity index (χ3v) is 9.41. The van der Waals surface area contributed by atoms with Crippen molar-refractivity contribution in [3.8, 4) is 0 Å². The van der Waals surface area contributed by atoms with Crippen molar-refractivity contribution in [3.63, 3.8) is 0 Å². The summed E-state index contributed by atoms with van der Waals surface area (Å²) in [5, 5.41) is 17.2. The van der Waals surface area contributed by atoms with Crippen LogP contribution < -0.4 is 0 Å². The lowest BCUT2D eigenvalue weighted by molar-refractivity contribution is -0.155. The summed E-state index contributed by atoms with van der Waals surface area (Å²) in [4.78, 5) is 20.8. The van der Waals surface area contributed by atoms with E-state index < -0.39 is 11.9 Å². The van der Waals surface area contributed by atoms with Gasteiger partial charge in [0.2, 0.25) is 0 Å². The van der Waals surface area contributed by atoms with Gasteiger partial charge in [0.1, 0.15) is 0 Å². The summed E-state index contributed by atoms with van der Waals surface area (Å²) in [5.74, 6) is -1.17. The highest BCUT2D eigenvalue weighted by Crippen LogP contribution is 2.59. The lowest BCUT2D eigenvalue weighted by Gasteiger charge is -2.52. The number of aryl methyl sites for hydroxylation is 1. The maximum Gasteiger partial charge on any atom is 0.306 e. The Hall–Kier alpha value is -1.11. The van der Waals surface area contributed by atoms with Crippen LogP contribution in [0.15, 0.2) is 12.1 Å². The first-order valence-electron chi connectivity index (χ1n) is 11.2. The molecule has 4 fully saturated rings.